The Hall–Kier alpha value is -2.19. The van der Waals surface area contributed by atoms with Gasteiger partial charge in [0.05, 0.1) is 22.4 Å². The number of hydrogen-bond acceptors (Lipinski definition) is 4. The monoisotopic (exact) mass is 476 g/mol. The van der Waals surface area contributed by atoms with E-state index in [0.717, 1.165) is 40.3 Å². The zero-order valence-electron chi connectivity index (χ0n) is 21.6. The lowest BCUT2D eigenvalue weighted by atomic mass is 9.78. The summed E-state index contributed by atoms with van der Waals surface area (Å²) in [5.41, 5.74) is 3.33. The minimum atomic E-state index is -1.13. The summed E-state index contributed by atoms with van der Waals surface area (Å²) >= 11 is 0. The van der Waals surface area contributed by atoms with Gasteiger partial charge in [-0.3, -0.25) is 0 Å². The normalized spacial score (nSPS) is 17.8. The van der Waals surface area contributed by atoms with Crippen LogP contribution in [0.4, 0.5) is 0 Å². The quantitative estimate of drug-likeness (QED) is 0.304. The predicted octanol–water partition coefficient (Wildman–Crippen LogP) is 5.82. The van der Waals surface area contributed by atoms with Crippen molar-refractivity contribution in [2.45, 2.75) is 71.3 Å². The van der Waals surface area contributed by atoms with Crippen LogP contribution in [0.3, 0.4) is 0 Å². The van der Waals surface area contributed by atoms with Crippen LogP contribution in [0.15, 0.2) is 48.5 Å². The summed E-state index contributed by atoms with van der Waals surface area (Å²) < 4.78 is 20.6. The highest BCUT2D eigenvalue weighted by molar-refractivity contribution is 6.76. The summed E-state index contributed by atoms with van der Waals surface area (Å²) in [5.74, 6) is 0. The highest BCUT2D eigenvalue weighted by Crippen LogP contribution is 2.36. The van der Waals surface area contributed by atoms with Crippen molar-refractivity contribution in [1.82, 2.24) is 9.78 Å². The van der Waals surface area contributed by atoms with Gasteiger partial charge < -0.3 is 14.0 Å². The first-order valence-corrected chi connectivity index (χ1v) is 15.8. The zero-order chi connectivity index (χ0) is 24.6. The molecule has 180 valence electrons. The molecule has 0 radical (unpaired) electrons. The largest absolute Gasteiger partial charge is 0.494 e. The molecule has 0 N–H and O–H groups in total. The average Bonchev–Trinajstić information content (AvgIpc) is 3.22. The fourth-order valence-electron chi connectivity index (χ4n) is 3.84. The van der Waals surface area contributed by atoms with Crippen molar-refractivity contribution in [3.63, 3.8) is 0 Å². The van der Waals surface area contributed by atoms with Crippen LogP contribution in [0.25, 0.3) is 23.1 Å². The van der Waals surface area contributed by atoms with E-state index < -0.39 is 15.2 Å². The molecule has 7 heteroatoms. The standard InChI is InChI=1S/C27H37BN2O3Si/c1-26(2)27(3,4)33-28(32-26)22-14-16-25-23(19-22)24(15-13-21-11-9-8-10-12-21)29-30(25)20-31-17-18-34(5,6)7/h8-16,19H,17-18,20H2,1-7H3/b15-13+. The van der Waals surface area contributed by atoms with Crippen molar-refractivity contribution < 1.29 is 14.0 Å². The third kappa shape index (κ3) is 5.54. The molecular weight excluding hydrogens is 439 g/mol. The van der Waals surface area contributed by atoms with E-state index in [9.17, 15) is 0 Å². The Bertz CT molecular complexity index is 1150. The van der Waals surface area contributed by atoms with Crippen LogP contribution in [0.5, 0.6) is 0 Å². The molecular formula is C27H37BN2O3Si. The van der Waals surface area contributed by atoms with E-state index in [1.54, 1.807) is 0 Å². The second-order valence-corrected chi connectivity index (χ2v) is 17.0. The summed E-state index contributed by atoms with van der Waals surface area (Å²) in [5, 5.41) is 5.96. The maximum Gasteiger partial charge on any atom is 0.494 e. The van der Waals surface area contributed by atoms with Crippen LogP contribution >= 0.6 is 0 Å². The van der Waals surface area contributed by atoms with Crippen LogP contribution in [0.1, 0.15) is 39.0 Å². The number of ether oxygens (including phenoxy) is 1. The summed E-state index contributed by atoms with van der Waals surface area (Å²) in [6.45, 7) is 16.6. The molecule has 1 fully saturated rings. The van der Waals surface area contributed by atoms with Gasteiger partial charge in [0.2, 0.25) is 0 Å². The number of nitrogens with zero attached hydrogens (tertiary/aromatic N) is 2. The molecule has 3 aromatic rings. The first-order valence-electron chi connectivity index (χ1n) is 12.1. The van der Waals surface area contributed by atoms with Crippen molar-refractivity contribution >= 4 is 43.7 Å². The maximum absolute atomic E-state index is 6.30. The molecule has 0 amide bonds. The van der Waals surface area contributed by atoms with Gasteiger partial charge >= 0.3 is 7.12 Å². The van der Waals surface area contributed by atoms with Crippen LogP contribution in [0, 0.1) is 0 Å². The highest BCUT2D eigenvalue weighted by Gasteiger charge is 2.51. The van der Waals surface area contributed by atoms with Gasteiger partial charge in [-0.05, 0) is 56.9 Å². The smallest absolute Gasteiger partial charge is 0.399 e. The Morgan fingerprint density at radius 2 is 1.65 bits per heavy atom. The van der Waals surface area contributed by atoms with E-state index >= 15 is 0 Å². The van der Waals surface area contributed by atoms with Gasteiger partial charge in [-0.1, -0.05) is 68.2 Å². The van der Waals surface area contributed by atoms with E-state index in [1.807, 2.05) is 22.9 Å². The minimum absolute atomic E-state index is 0.378. The number of fused-ring (bicyclic) bond motifs is 1. The lowest BCUT2D eigenvalue weighted by Gasteiger charge is -2.32. The Labute approximate surface area is 205 Å². The van der Waals surface area contributed by atoms with Crippen LogP contribution in [-0.2, 0) is 20.8 Å². The molecule has 2 heterocycles. The van der Waals surface area contributed by atoms with Gasteiger partial charge in [-0.25, -0.2) is 4.68 Å². The Morgan fingerprint density at radius 3 is 2.29 bits per heavy atom. The minimum Gasteiger partial charge on any atom is -0.399 e. The van der Waals surface area contributed by atoms with E-state index in [0.29, 0.717) is 6.73 Å². The Morgan fingerprint density at radius 1 is 0.971 bits per heavy atom. The molecule has 0 saturated carbocycles. The molecule has 0 spiro atoms. The lowest BCUT2D eigenvalue weighted by molar-refractivity contribution is 0.00578. The van der Waals surface area contributed by atoms with Gasteiger partial charge in [0.15, 0.2) is 0 Å². The van der Waals surface area contributed by atoms with Gasteiger partial charge in [0.1, 0.15) is 6.73 Å². The van der Waals surface area contributed by atoms with Gasteiger partial charge in [0.25, 0.3) is 0 Å². The lowest BCUT2D eigenvalue weighted by Crippen LogP contribution is -2.41. The predicted molar refractivity (Wildman–Crippen MR) is 145 cm³/mol. The average molecular weight is 477 g/mol. The van der Waals surface area contributed by atoms with Crippen LogP contribution in [-0.4, -0.2) is 42.8 Å². The van der Waals surface area contributed by atoms with Crippen molar-refractivity contribution in [3.05, 3.63) is 59.8 Å². The van der Waals surface area contributed by atoms with Crippen molar-refractivity contribution in [2.24, 2.45) is 0 Å². The van der Waals surface area contributed by atoms with Crippen molar-refractivity contribution in [1.29, 1.82) is 0 Å². The molecule has 0 unspecified atom stereocenters. The van der Waals surface area contributed by atoms with E-state index in [4.69, 9.17) is 19.1 Å². The molecule has 0 bridgehead atoms. The fourth-order valence-corrected chi connectivity index (χ4v) is 4.59. The summed E-state index contributed by atoms with van der Waals surface area (Å²) in [4.78, 5) is 0. The Balaban J connectivity index is 1.65. The number of benzene rings is 2. The molecule has 1 aliphatic heterocycles. The van der Waals surface area contributed by atoms with Gasteiger partial charge in [-0.15, -0.1) is 0 Å². The molecule has 1 saturated heterocycles. The number of rotatable bonds is 8. The molecule has 5 nitrogen and oxygen atoms in total. The van der Waals surface area contributed by atoms with E-state index in [2.05, 4.69) is 89.8 Å². The van der Waals surface area contributed by atoms with Crippen molar-refractivity contribution in [3.8, 4) is 0 Å². The molecule has 4 rings (SSSR count). The summed E-state index contributed by atoms with van der Waals surface area (Å²) in [6.07, 6.45) is 4.17. The van der Waals surface area contributed by atoms with Crippen LogP contribution in [0.2, 0.25) is 25.7 Å². The first kappa shape index (κ1) is 24.9. The Kier molecular flexibility index (Phi) is 6.93. The second-order valence-electron chi connectivity index (χ2n) is 11.3. The zero-order valence-corrected chi connectivity index (χ0v) is 22.6. The SMILES string of the molecule is CC1(C)OB(c2ccc3c(c2)c(/C=C/c2ccccc2)nn3COCC[Si](C)(C)C)OC1(C)C. The van der Waals surface area contributed by atoms with Gasteiger partial charge in [-0.2, -0.15) is 5.10 Å². The fraction of sp³-hybridized carbons (Fsp3) is 0.444. The highest BCUT2D eigenvalue weighted by atomic mass is 28.3. The summed E-state index contributed by atoms with van der Waals surface area (Å²) in [7, 11) is -1.54. The van der Waals surface area contributed by atoms with E-state index in [-0.39, 0.29) is 11.2 Å². The molecule has 1 aliphatic rings. The molecule has 2 aromatic carbocycles. The maximum atomic E-state index is 6.30. The third-order valence-corrected chi connectivity index (χ3v) is 8.48. The molecule has 1 aromatic heterocycles. The first-order chi connectivity index (χ1) is 16.0. The molecule has 0 aliphatic carbocycles. The topological polar surface area (TPSA) is 45.5 Å². The molecule has 34 heavy (non-hydrogen) atoms. The number of hydrogen-bond donors (Lipinski definition) is 0. The van der Waals surface area contributed by atoms with Crippen molar-refractivity contribution in [2.75, 3.05) is 6.61 Å². The van der Waals surface area contributed by atoms with Gasteiger partial charge in [0, 0.05) is 20.1 Å². The summed E-state index contributed by atoms with van der Waals surface area (Å²) in [6, 6.07) is 17.7. The number of aromatic nitrogens is 2. The van der Waals surface area contributed by atoms with Crippen LogP contribution < -0.4 is 5.46 Å². The second kappa shape index (κ2) is 9.46. The van der Waals surface area contributed by atoms with E-state index in [1.165, 1.54) is 0 Å². The third-order valence-electron chi connectivity index (χ3n) is 6.77. The molecule has 0 atom stereocenters.